The van der Waals surface area contributed by atoms with Gasteiger partial charge in [-0.2, -0.15) is 0 Å². The van der Waals surface area contributed by atoms with Crippen molar-refractivity contribution in [1.29, 1.82) is 0 Å². The van der Waals surface area contributed by atoms with E-state index in [4.69, 9.17) is 19.2 Å². The van der Waals surface area contributed by atoms with Gasteiger partial charge in [0.1, 0.15) is 23.1 Å². The largest absolute Gasteiger partial charge is 1.00 e. The van der Waals surface area contributed by atoms with Crippen LogP contribution in [0.2, 0.25) is 0 Å². The van der Waals surface area contributed by atoms with E-state index in [1.807, 2.05) is 30.3 Å². The number of aromatic nitrogens is 2. The fraction of sp³-hybridized carbons (Fsp3) is 0.310. The van der Waals surface area contributed by atoms with E-state index in [9.17, 15) is 9.90 Å². The Kier molecular flexibility index (Phi) is 7.21. The molecule has 2 aliphatic heterocycles. The van der Waals surface area contributed by atoms with Crippen molar-refractivity contribution < 1.29 is 53.7 Å². The average Bonchev–Trinajstić information content (AvgIpc) is 3.58. The minimum Gasteiger partial charge on any atom is -0.550 e. The first-order valence-electron chi connectivity index (χ1n) is 12.3. The summed E-state index contributed by atoms with van der Waals surface area (Å²) in [5, 5.41) is 11.0. The number of ether oxygens (including phenoxy) is 3. The van der Waals surface area contributed by atoms with Gasteiger partial charge >= 0.3 is 29.6 Å². The van der Waals surface area contributed by atoms with Gasteiger partial charge in [0.2, 0.25) is 0 Å². The molecule has 2 aliphatic rings. The van der Waals surface area contributed by atoms with E-state index in [1.165, 1.54) is 5.56 Å². The molecular weight excluding hydrogens is 479 g/mol. The van der Waals surface area contributed by atoms with Crippen molar-refractivity contribution in [3.63, 3.8) is 0 Å². The fourth-order valence-corrected chi connectivity index (χ4v) is 5.48. The quantitative estimate of drug-likeness (QED) is 0.347. The number of imidazole rings is 1. The van der Waals surface area contributed by atoms with Crippen LogP contribution in [0.25, 0.3) is 16.7 Å². The maximum atomic E-state index is 11.0. The summed E-state index contributed by atoms with van der Waals surface area (Å²) < 4.78 is 19.8. The van der Waals surface area contributed by atoms with Crippen LogP contribution in [0.5, 0.6) is 17.2 Å². The summed E-state index contributed by atoms with van der Waals surface area (Å²) in [6, 6.07) is 18.4. The number of carboxylic acids is 1. The summed E-state index contributed by atoms with van der Waals surface area (Å²) in [6.07, 6.45) is 1.57. The van der Waals surface area contributed by atoms with Gasteiger partial charge in [0.15, 0.2) is 0 Å². The van der Waals surface area contributed by atoms with Gasteiger partial charge in [0, 0.05) is 41.4 Å². The molecule has 2 atom stereocenters. The molecule has 1 aromatic heterocycles. The topological polar surface area (TPSA) is 85.6 Å². The van der Waals surface area contributed by atoms with E-state index in [0.717, 1.165) is 63.8 Å². The summed E-state index contributed by atoms with van der Waals surface area (Å²) in [6.45, 7) is 3.08. The zero-order chi connectivity index (χ0) is 24.8. The second-order valence-corrected chi connectivity index (χ2v) is 9.44. The third-order valence-electron chi connectivity index (χ3n) is 7.23. The molecule has 0 N–H and O–H groups in total. The van der Waals surface area contributed by atoms with Crippen molar-refractivity contribution >= 4 is 17.0 Å². The molecule has 4 aromatic rings. The first kappa shape index (κ1) is 25.6. The molecule has 0 unspecified atom stereocenters. The molecule has 3 heterocycles. The number of carbonyl (C=O) groups excluding carboxylic acids is 1. The smallest absolute Gasteiger partial charge is 0.550 e. The molecule has 6 rings (SSSR count). The molecule has 7 nitrogen and oxygen atoms in total. The molecule has 8 heteroatoms. The van der Waals surface area contributed by atoms with Crippen molar-refractivity contribution in [3.05, 3.63) is 77.1 Å². The predicted octanol–water partition coefficient (Wildman–Crippen LogP) is 0.935. The van der Waals surface area contributed by atoms with Crippen LogP contribution in [-0.2, 0) is 17.6 Å². The Morgan fingerprint density at radius 3 is 2.70 bits per heavy atom. The molecule has 0 bridgehead atoms. The minimum atomic E-state index is -1.05. The molecule has 3 aromatic carbocycles. The van der Waals surface area contributed by atoms with Crippen LogP contribution in [0.3, 0.4) is 0 Å². The number of fused-ring (bicyclic) bond motifs is 3. The van der Waals surface area contributed by atoms with Crippen LogP contribution in [-0.4, -0.2) is 35.8 Å². The number of hydrogen-bond donors (Lipinski definition) is 0. The first-order chi connectivity index (χ1) is 17.6. The monoisotopic (exact) mass is 506 g/mol. The van der Waals surface area contributed by atoms with Crippen molar-refractivity contribution in [2.75, 3.05) is 20.3 Å². The summed E-state index contributed by atoms with van der Waals surface area (Å²) in [7, 11) is 1.67. The Balaban J connectivity index is 0.00000280. The fourth-order valence-electron chi connectivity index (χ4n) is 5.48. The Morgan fingerprint density at radius 2 is 1.92 bits per heavy atom. The summed E-state index contributed by atoms with van der Waals surface area (Å²) in [4.78, 5) is 15.9. The predicted molar refractivity (Wildman–Crippen MR) is 133 cm³/mol. The number of aryl methyl sites for hydroxylation is 1. The number of carbonyl (C=O) groups is 1. The Hall–Kier alpha value is -3.00. The standard InChI is InChI=1S/C29H28N2O5.Na/c1-3-27-30-23-10-8-20(34-2)14-25(23)31(27)24-6-4-5-22-18(16-36-29(22)24)11-17-7-9-21-19(13-28(32)33)15-35-26(21)12-17;/h4-10,12,14,18-19H,3,11,13,15-16H2,1-2H3,(H,32,33);/q;+1/p-1/t18-,19-;/m1./s1. The zero-order valence-electron chi connectivity index (χ0n) is 21.3. The number of aliphatic carboxylic acids is 1. The number of methoxy groups -OCH3 is 1. The van der Waals surface area contributed by atoms with Crippen molar-refractivity contribution in [2.45, 2.75) is 38.0 Å². The van der Waals surface area contributed by atoms with E-state index < -0.39 is 5.97 Å². The second-order valence-electron chi connectivity index (χ2n) is 9.44. The molecule has 0 aliphatic carbocycles. The maximum Gasteiger partial charge on any atom is 1.00 e. The number of benzene rings is 3. The Labute approximate surface area is 237 Å². The summed E-state index contributed by atoms with van der Waals surface area (Å²) >= 11 is 0. The molecule has 0 radical (unpaired) electrons. The van der Waals surface area contributed by atoms with Gasteiger partial charge in [0.25, 0.3) is 0 Å². The number of nitrogens with zero attached hydrogens (tertiary/aromatic N) is 2. The number of carboxylic acid groups (broad SMARTS) is 1. The molecule has 0 saturated carbocycles. The van der Waals surface area contributed by atoms with Crippen molar-refractivity contribution in [1.82, 2.24) is 9.55 Å². The Morgan fingerprint density at radius 1 is 1.08 bits per heavy atom. The van der Waals surface area contributed by atoms with Crippen LogP contribution in [0.1, 0.15) is 47.7 Å². The van der Waals surface area contributed by atoms with Crippen LogP contribution >= 0.6 is 0 Å². The third-order valence-corrected chi connectivity index (χ3v) is 7.23. The van der Waals surface area contributed by atoms with Crippen LogP contribution < -0.4 is 48.9 Å². The van der Waals surface area contributed by atoms with Gasteiger partial charge < -0.3 is 24.1 Å². The van der Waals surface area contributed by atoms with Gasteiger partial charge in [-0.15, -0.1) is 0 Å². The molecule has 0 saturated heterocycles. The normalized spacial score (nSPS) is 17.5. The first-order valence-corrected chi connectivity index (χ1v) is 12.3. The second kappa shape index (κ2) is 10.4. The summed E-state index contributed by atoms with van der Waals surface area (Å²) in [5.74, 6) is 2.44. The molecule has 184 valence electrons. The molecule has 0 fully saturated rings. The van der Waals surface area contributed by atoms with Gasteiger partial charge in [-0.1, -0.05) is 31.2 Å². The van der Waals surface area contributed by atoms with Gasteiger partial charge in [0.05, 0.1) is 37.0 Å². The molecular formula is C29H27N2NaO5. The zero-order valence-corrected chi connectivity index (χ0v) is 23.3. The van der Waals surface area contributed by atoms with E-state index in [-0.39, 0.29) is 47.8 Å². The van der Waals surface area contributed by atoms with Crippen LogP contribution in [0.15, 0.2) is 54.6 Å². The van der Waals surface area contributed by atoms with E-state index in [2.05, 4.69) is 35.8 Å². The number of rotatable bonds is 7. The van der Waals surface area contributed by atoms with Crippen LogP contribution in [0, 0.1) is 0 Å². The number of hydrogen-bond acceptors (Lipinski definition) is 6. The molecule has 0 spiro atoms. The van der Waals surface area contributed by atoms with E-state index in [1.54, 1.807) is 7.11 Å². The Bertz CT molecular complexity index is 1480. The molecule has 0 amide bonds. The third kappa shape index (κ3) is 4.60. The summed E-state index contributed by atoms with van der Waals surface area (Å²) in [5.41, 5.74) is 6.17. The van der Waals surface area contributed by atoms with Gasteiger partial charge in [-0.25, -0.2) is 4.98 Å². The van der Waals surface area contributed by atoms with Crippen LogP contribution in [0.4, 0.5) is 0 Å². The van der Waals surface area contributed by atoms with Crippen molar-refractivity contribution in [2.24, 2.45) is 0 Å². The minimum absolute atomic E-state index is 0. The van der Waals surface area contributed by atoms with Crippen molar-refractivity contribution in [3.8, 4) is 22.9 Å². The number of para-hydroxylation sites is 1. The maximum absolute atomic E-state index is 11.0. The SMILES string of the molecule is CCc1nc2ccc(OC)cc2n1-c1cccc2c1OC[C@H]2Cc1ccc2c(c1)OC[C@H]2CC(=O)[O-].[Na+]. The van der Waals surface area contributed by atoms with E-state index in [0.29, 0.717) is 13.2 Å². The average molecular weight is 507 g/mol. The van der Waals surface area contributed by atoms with Gasteiger partial charge in [-0.05, 0) is 42.7 Å². The van der Waals surface area contributed by atoms with Gasteiger partial charge in [-0.3, -0.25) is 4.57 Å². The van der Waals surface area contributed by atoms with E-state index >= 15 is 0 Å². The molecule has 37 heavy (non-hydrogen) atoms.